The molecule has 1 saturated carbocycles. The van der Waals surface area contributed by atoms with Crippen molar-refractivity contribution in [3.05, 3.63) is 65.7 Å². The van der Waals surface area contributed by atoms with Gasteiger partial charge in [0.1, 0.15) is 0 Å². The molecule has 1 heterocycles. The molecule has 2 aromatic carbocycles. The van der Waals surface area contributed by atoms with Gasteiger partial charge in [0, 0.05) is 5.56 Å². The molecule has 0 aliphatic heterocycles. The van der Waals surface area contributed by atoms with E-state index in [1.807, 2.05) is 49.4 Å². The fraction of sp³-hybridized carbons (Fsp3) is 0.286. The third kappa shape index (κ3) is 4.39. The average molecular weight is 379 g/mol. The van der Waals surface area contributed by atoms with Gasteiger partial charge < -0.3 is 9.73 Å². The van der Waals surface area contributed by atoms with E-state index in [1.54, 1.807) is 0 Å². The number of hydrogen-bond acceptors (Lipinski definition) is 5. The lowest BCUT2D eigenvalue weighted by Gasteiger charge is -2.18. The molecular formula is C21H21N3O2S. The monoisotopic (exact) mass is 379 g/mol. The van der Waals surface area contributed by atoms with Crippen LogP contribution in [0.15, 0.2) is 64.2 Å². The largest absolute Gasteiger partial charge is 0.411 e. The zero-order valence-electron chi connectivity index (χ0n) is 15.1. The normalized spacial score (nSPS) is 14.7. The Morgan fingerprint density at radius 3 is 2.63 bits per heavy atom. The van der Waals surface area contributed by atoms with Gasteiger partial charge in [0.05, 0.1) is 11.8 Å². The quantitative estimate of drug-likeness (QED) is 0.616. The zero-order chi connectivity index (χ0) is 18.6. The third-order valence-electron chi connectivity index (χ3n) is 4.68. The molecule has 1 fully saturated rings. The van der Waals surface area contributed by atoms with Crippen LogP contribution >= 0.6 is 11.8 Å². The smallest absolute Gasteiger partial charge is 0.277 e. The molecule has 0 bridgehead atoms. The van der Waals surface area contributed by atoms with Crippen LogP contribution in [-0.4, -0.2) is 21.9 Å². The molecule has 1 aliphatic carbocycles. The van der Waals surface area contributed by atoms with E-state index in [1.165, 1.54) is 11.8 Å². The number of carbonyl (C=O) groups is 1. The molecule has 1 atom stereocenters. The minimum atomic E-state index is -0.0172. The van der Waals surface area contributed by atoms with Crippen molar-refractivity contribution < 1.29 is 9.21 Å². The Balaban J connectivity index is 1.36. The van der Waals surface area contributed by atoms with Crippen LogP contribution in [0, 0.1) is 12.8 Å². The summed E-state index contributed by atoms with van der Waals surface area (Å²) in [6.45, 7) is 2.00. The van der Waals surface area contributed by atoms with Crippen molar-refractivity contribution in [3.63, 3.8) is 0 Å². The van der Waals surface area contributed by atoms with Crippen molar-refractivity contribution in [3.8, 4) is 11.5 Å². The number of benzene rings is 2. The SMILES string of the molecule is Cc1ccccc1-c1nnc(SCC(=O)NC(c2ccccc2)C2CC2)o1. The summed E-state index contributed by atoms with van der Waals surface area (Å²) in [5.74, 6) is 1.26. The first kappa shape index (κ1) is 17.8. The molecule has 1 amide bonds. The van der Waals surface area contributed by atoms with Gasteiger partial charge in [-0.05, 0) is 42.9 Å². The van der Waals surface area contributed by atoms with Crippen LogP contribution in [0.2, 0.25) is 0 Å². The van der Waals surface area contributed by atoms with E-state index in [0.717, 1.165) is 29.5 Å². The van der Waals surface area contributed by atoms with E-state index < -0.39 is 0 Å². The maximum atomic E-state index is 12.4. The summed E-state index contributed by atoms with van der Waals surface area (Å²) in [7, 11) is 0. The molecule has 27 heavy (non-hydrogen) atoms. The number of thioether (sulfide) groups is 1. The second-order valence-corrected chi connectivity index (χ2v) is 7.70. The number of carbonyl (C=O) groups excluding carboxylic acids is 1. The molecular weight excluding hydrogens is 358 g/mol. The summed E-state index contributed by atoms with van der Waals surface area (Å²) >= 11 is 1.27. The number of nitrogens with one attached hydrogen (secondary N) is 1. The fourth-order valence-electron chi connectivity index (χ4n) is 3.10. The summed E-state index contributed by atoms with van der Waals surface area (Å²) in [5, 5.41) is 11.7. The maximum Gasteiger partial charge on any atom is 0.277 e. The number of amides is 1. The number of hydrogen-bond donors (Lipinski definition) is 1. The lowest BCUT2D eigenvalue weighted by molar-refractivity contribution is -0.119. The molecule has 138 valence electrons. The van der Waals surface area contributed by atoms with E-state index in [0.29, 0.717) is 17.0 Å². The van der Waals surface area contributed by atoms with E-state index in [4.69, 9.17) is 4.42 Å². The van der Waals surface area contributed by atoms with E-state index in [9.17, 15) is 4.79 Å². The second kappa shape index (κ2) is 7.96. The highest BCUT2D eigenvalue weighted by Gasteiger charge is 2.33. The molecule has 1 N–H and O–H groups in total. The van der Waals surface area contributed by atoms with Crippen LogP contribution in [0.4, 0.5) is 0 Å². The predicted octanol–water partition coefficient (Wildman–Crippen LogP) is 4.40. The maximum absolute atomic E-state index is 12.4. The van der Waals surface area contributed by atoms with E-state index in [2.05, 4.69) is 27.6 Å². The summed E-state index contributed by atoms with van der Waals surface area (Å²) in [6, 6.07) is 18.1. The van der Waals surface area contributed by atoms with Crippen LogP contribution < -0.4 is 5.32 Å². The predicted molar refractivity (Wildman–Crippen MR) is 105 cm³/mol. The van der Waals surface area contributed by atoms with Gasteiger partial charge in [0.2, 0.25) is 11.8 Å². The highest BCUT2D eigenvalue weighted by Crippen LogP contribution is 2.41. The van der Waals surface area contributed by atoms with Crippen LogP contribution in [0.1, 0.15) is 30.0 Å². The Morgan fingerprint density at radius 2 is 1.89 bits per heavy atom. The standard InChI is InChI=1S/C21H21N3O2S/c1-14-7-5-6-10-17(14)20-23-24-21(26-20)27-13-18(25)22-19(16-11-12-16)15-8-3-2-4-9-15/h2-10,16,19H,11-13H2,1H3,(H,22,25). The Labute approximate surface area is 162 Å². The lowest BCUT2D eigenvalue weighted by atomic mass is 10.0. The van der Waals surface area contributed by atoms with Gasteiger partial charge in [-0.25, -0.2) is 0 Å². The van der Waals surface area contributed by atoms with Gasteiger partial charge in [0.15, 0.2) is 0 Å². The number of nitrogens with zero attached hydrogens (tertiary/aromatic N) is 2. The lowest BCUT2D eigenvalue weighted by Crippen LogP contribution is -2.31. The summed E-state index contributed by atoms with van der Waals surface area (Å²) in [4.78, 5) is 12.4. The van der Waals surface area contributed by atoms with Crippen LogP contribution in [0.3, 0.4) is 0 Å². The molecule has 3 aromatic rings. The number of aromatic nitrogens is 2. The van der Waals surface area contributed by atoms with Crippen LogP contribution in [0.25, 0.3) is 11.5 Å². The highest BCUT2D eigenvalue weighted by atomic mass is 32.2. The summed E-state index contributed by atoms with van der Waals surface area (Å²) in [6.07, 6.45) is 2.33. The molecule has 0 spiro atoms. The van der Waals surface area contributed by atoms with Crippen molar-refractivity contribution in [2.45, 2.75) is 31.0 Å². The van der Waals surface area contributed by atoms with Crippen molar-refractivity contribution in [1.29, 1.82) is 0 Å². The second-order valence-electron chi connectivity index (χ2n) is 6.77. The first-order valence-corrected chi connectivity index (χ1v) is 10.1. The van der Waals surface area contributed by atoms with Gasteiger partial charge in [0.25, 0.3) is 5.22 Å². The number of aryl methyl sites for hydroxylation is 1. The highest BCUT2D eigenvalue weighted by molar-refractivity contribution is 7.99. The van der Waals surface area contributed by atoms with Crippen molar-refractivity contribution in [2.75, 3.05) is 5.75 Å². The average Bonchev–Trinajstić information content (AvgIpc) is 3.43. The molecule has 0 saturated heterocycles. The molecule has 1 aromatic heterocycles. The minimum absolute atomic E-state index is 0.0172. The van der Waals surface area contributed by atoms with Gasteiger partial charge in [-0.1, -0.05) is 60.3 Å². The molecule has 1 unspecified atom stereocenters. The van der Waals surface area contributed by atoms with Gasteiger partial charge in [-0.2, -0.15) is 0 Å². The van der Waals surface area contributed by atoms with Crippen LogP contribution in [0.5, 0.6) is 0 Å². The first-order valence-electron chi connectivity index (χ1n) is 9.07. The zero-order valence-corrected chi connectivity index (χ0v) is 15.9. The van der Waals surface area contributed by atoms with Gasteiger partial charge in [-0.3, -0.25) is 4.79 Å². The molecule has 6 heteroatoms. The molecule has 0 radical (unpaired) electrons. The Bertz CT molecular complexity index is 922. The molecule has 1 aliphatic rings. The minimum Gasteiger partial charge on any atom is -0.411 e. The Hall–Kier alpha value is -2.60. The number of rotatable bonds is 7. The third-order valence-corrected chi connectivity index (χ3v) is 5.50. The van der Waals surface area contributed by atoms with Gasteiger partial charge >= 0.3 is 0 Å². The van der Waals surface area contributed by atoms with Crippen molar-refractivity contribution in [2.24, 2.45) is 5.92 Å². The topological polar surface area (TPSA) is 68.0 Å². The van der Waals surface area contributed by atoms with E-state index >= 15 is 0 Å². The molecule has 5 nitrogen and oxygen atoms in total. The van der Waals surface area contributed by atoms with Crippen molar-refractivity contribution >= 4 is 17.7 Å². The first-order chi connectivity index (χ1) is 13.2. The van der Waals surface area contributed by atoms with Crippen LogP contribution in [-0.2, 0) is 4.79 Å². The fourth-order valence-corrected chi connectivity index (χ4v) is 3.67. The van der Waals surface area contributed by atoms with Gasteiger partial charge in [-0.15, -0.1) is 10.2 Å². The van der Waals surface area contributed by atoms with E-state index in [-0.39, 0.29) is 17.7 Å². The summed E-state index contributed by atoms with van der Waals surface area (Å²) in [5.41, 5.74) is 3.16. The molecule has 4 rings (SSSR count). The van der Waals surface area contributed by atoms with Crippen molar-refractivity contribution in [1.82, 2.24) is 15.5 Å². The Morgan fingerprint density at radius 1 is 1.15 bits per heavy atom. The summed E-state index contributed by atoms with van der Waals surface area (Å²) < 4.78 is 5.71. The Kier molecular flexibility index (Phi) is 5.25.